The van der Waals surface area contributed by atoms with Crippen LogP contribution in [0.15, 0.2) is 41.5 Å². The van der Waals surface area contributed by atoms with E-state index < -0.39 is 29.0 Å². The summed E-state index contributed by atoms with van der Waals surface area (Å²) in [5, 5.41) is 12.6. The van der Waals surface area contributed by atoms with Crippen LogP contribution in [0.3, 0.4) is 0 Å². The van der Waals surface area contributed by atoms with Gasteiger partial charge in [-0.1, -0.05) is 24.6 Å². The summed E-state index contributed by atoms with van der Waals surface area (Å²) in [4.78, 5) is 30.6. The topological polar surface area (TPSA) is 85.3 Å². The van der Waals surface area contributed by atoms with E-state index in [1.54, 1.807) is 19.2 Å². The first-order valence-electron chi connectivity index (χ1n) is 14.0. The monoisotopic (exact) mass is 507 g/mol. The lowest BCUT2D eigenvalue weighted by Gasteiger charge is -2.65. The molecule has 2 saturated carbocycles. The lowest BCUT2D eigenvalue weighted by Crippen LogP contribution is -2.73. The molecule has 1 aromatic carbocycles. The van der Waals surface area contributed by atoms with Crippen molar-refractivity contribution in [3.05, 3.63) is 41.5 Å². The predicted octanol–water partition coefficient (Wildman–Crippen LogP) is 3.50. The number of aliphatic hydroxyl groups is 1. The minimum Gasteiger partial charge on any atom is -0.466 e. The Morgan fingerprint density at radius 3 is 2.57 bits per heavy atom. The molecule has 37 heavy (non-hydrogen) atoms. The standard InChI is InChI=1S/C30H37NO6/c1-16-12-13-19-21-14-17-15-29(19,34)26-25(27(32)36-3)24(28(33)37-18-8-5-4-6-9-18)23-20(30(17,26)31(16)21)10-7-11-22(23)35-2/h4-6,8-9,16-17,19-24,34H,7,10-15H2,1-3H3/t16-,17-,19+,20+,21+,22-,23-,24+,29-,30+/m1/s1. The van der Waals surface area contributed by atoms with Crippen molar-refractivity contribution in [1.29, 1.82) is 0 Å². The second kappa shape index (κ2) is 8.14. The van der Waals surface area contributed by atoms with E-state index in [1.165, 1.54) is 7.11 Å². The van der Waals surface area contributed by atoms with Gasteiger partial charge in [0.2, 0.25) is 0 Å². The lowest BCUT2D eigenvalue weighted by molar-refractivity contribution is -0.167. The first-order chi connectivity index (χ1) is 17.9. The van der Waals surface area contributed by atoms with Gasteiger partial charge >= 0.3 is 11.9 Å². The molecular formula is C30H37NO6. The van der Waals surface area contributed by atoms with E-state index in [0.29, 0.717) is 29.8 Å². The third-order valence-corrected chi connectivity index (χ3v) is 11.1. The fourth-order valence-electron chi connectivity index (χ4n) is 10.3. The van der Waals surface area contributed by atoms with E-state index in [2.05, 4.69) is 11.8 Å². The number of ether oxygens (including phenoxy) is 3. The zero-order valence-electron chi connectivity index (χ0n) is 21.9. The highest BCUT2D eigenvalue weighted by Crippen LogP contribution is 2.75. The molecule has 11 atom stereocenters. The minimum absolute atomic E-state index is 0.0781. The number of rotatable bonds is 4. The van der Waals surface area contributed by atoms with E-state index in [-0.39, 0.29) is 29.8 Å². The Kier molecular flexibility index (Phi) is 5.25. The maximum absolute atomic E-state index is 14.1. The molecular weight excluding hydrogens is 470 g/mol. The van der Waals surface area contributed by atoms with Crippen molar-refractivity contribution in [1.82, 2.24) is 4.90 Å². The third kappa shape index (κ3) is 2.83. The van der Waals surface area contributed by atoms with Crippen LogP contribution >= 0.6 is 0 Å². The maximum Gasteiger partial charge on any atom is 0.334 e. The number of hydrogen-bond acceptors (Lipinski definition) is 7. The third-order valence-electron chi connectivity index (χ3n) is 11.1. The first kappa shape index (κ1) is 23.9. The molecule has 5 bridgehead atoms. The van der Waals surface area contributed by atoms with Crippen LogP contribution in [0.1, 0.15) is 51.9 Å². The molecule has 1 aromatic rings. The van der Waals surface area contributed by atoms with Crippen molar-refractivity contribution in [3.63, 3.8) is 0 Å². The zero-order valence-corrected chi connectivity index (χ0v) is 21.9. The van der Waals surface area contributed by atoms with Crippen molar-refractivity contribution in [2.75, 3.05) is 14.2 Å². The number of carbonyl (C=O) groups is 2. The Hall–Kier alpha value is -2.22. The molecule has 7 heteroatoms. The molecule has 3 heterocycles. The van der Waals surface area contributed by atoms with Gasteiger partial charge < -0.3 is 19.3 Å². The van der Waals surface area contributed by atoms with Crippen molar-refractivity contribution < 1.29 is 28.9 Å². The van der Waals surface area contributed by atoms with Crippen LogP contribution in [-0.4, -0.2) is 65.5 Å². The zero-order chi connectivity index (χ0) is 25.7. The van der Waals surface area contributed by atoms with Crippen molar-refractivity contribution >= 4 is 11.9 Å². The molecule has 0 aromatic heterocycles. The molecule has 3 saturated heterocycles. The summed E-state index contributed by atoms with van der Waals surface area (Å²) in [5.74, 6) is -1.14. The van der Waals surface area contributed by atoms with Gasteiger partial charge in [0, 0.05) is 31.0 Å². The molecule has 5 fully saturated rings. The molecule has 6 aliphatic rings. The van der Waals surface area contributed by atoms with Gasteiger partial charge in [0.25, 0.3) is 0 Å². The number of piperidine rings is 2. The van der Waals surface area contributed by atoms with Crippen molar-refractivity contribution in [2.45, 2.75) is 81.2 Å². The molecule has 3 aliphatic heterocycles. The molecule has 1 N–H and O–H groups in total. The summed E-state index contributed by atoms with van der Waals surface area (Å²) in [7, 11) is 3.09. The SMILES string of the molecule is COC(=O)C1=C2[C@]3([C@@H]4C[C@H]5[C@H](CC[C@@H](C)N53)[C@]2(O)C4)[C@H]2CCC[C@@H](OC)[C@@H]2[C@@H]1C(=O)Oc1ccccc1. The van der Waals surface area contributed by atoms with Gasteiger partial charge in [0.1, 0.15) is 5.75 Å². The van der Waals surface area contributed by atoms with E-state index in [0.717, 1.165) is 44.1 Å². The fourth-order valence-corrected chi connectivity index (χ4v) is 10.3. The van der Waals surface area contributed by atoms with Crippen molar-refractivity contribution in [3.8, 4) is 5.75 Å². The first-order valence-corrected chi connectivity index (χ1v) is 14.0. The summed E-state index contributed by atoms with van der Waals surface area (Å²) >= 11 is 0. The number of nitrogens with zero attached hydrogens (tertiary/aromatic N) is 1. The van der Waals surface area contributed by atoms with Gasteiger partial charge in [-0.25, -0.2) is 4.79 Å². The summed E-state index contributed by atoms with van der Waals surface area (Å²) in [5.41, 5.74) is -0.354. The Labute approximate surface area is 218 Å². The largest absolute Gasteiger partial charge is 0.466 e. The molecule has 198 valence electrons. The Morgan fingerprint density at radius 2 is 1.84 bits per heavy atom. The normalized spacial score (nSPS) is 46.9. The maximum atomic E-state index is 14.1. The number of para-hydroxylation sites is 1. The van der Waals surface area contributed by atoms with E-state index in [4.69, 9.17) is 14.2 Å². The van der Waals surface area contributed by atoms with Gasteiger partial charge in [-0.05, 0) is 75.0 Å². The average molecular weight is 508 g/mol. The van der Waals surface area contributed by atoms with Gasteiger partial charge in [0.15, 0.2) is 0 Å². The minimum atomic E-state index is -1.08. The Morgan fingerprint density at radius 1 is 1.05 bits per heavy atom. The number of carbonyl (C=O) groups excluding carboxylic acids is 2. The quantitative estimate of drug-likeness (QED) is 0.493. The number of esters is 2. The number of benzene rings is 1. The van der Waals surface area contributed by atoms with Gasteiger partial charge in [-0.2, -0.15) is 0 Å². The molecule has 3 aliphatic carbocycles. The second-order valence-electron chi connectivity index (χ2n) is 12.3. The van der Waals surface area contributed by atoms with Crippen LogP contribution in [0.5, 0.6) is 5.75 Å². The highest BCUT2D eigenvalue weighted by molar-refractivity contribution is 5.99. The Balaban J connectivity index is 1.49. The van der Waals surface area contributed by atoms with Crippen molar-refractivity contribution in [2.24, 2.45) is 29.6 Å². The van der Waals surface area contributed by atoms with Crippen LogP contribution in [0.25, 0.3) is 0 Å². The number of fused-ring (bicyclic) bond motifs is 2. The summed E-state index contributed by atoms with van der Waals surface area (Å²) in [6, 6.07) is 9.72. The van der Waals surface area contributed by atoms with Gasteiger partial charge in [-0.3, -0.25) is 9.69 Å². The van der Waals surface area contributed by atoms with Crippen LogP contribution in [0, 0.1) is 29.6 Å². The summed E-state index contributed by atoms with van der Waals surface area (Å²) < 4.78 is 17.4. The predicted molar refractivity (Wildman–Crippen MR) is 134 cm³/mol. The smallest absolute Gasteiger partial charge is 0.334 e. The molecule has 0 radical (unpaired) electrons. The van der Waals surface area contributed by atoms with E-state index in [9.17, 15) is 14.7 Å². The van der Waals surface area contributed by atoms with Gasteiger partial charge in [0.05, 0.1) is 35.8 Å². The summed E-state index contributed by atoms with van der Waals surface area (Å²) in [6.07, 6.45) is 6.31. The second-order valence-corrected chi connectivity index (χ2v) is 12.3. The van der Waals surface area contributed by atoms with Crippen LogP contribution in [-0.2, 0) is 19.1 Å². The molecule has 1 unspecified atom stereocenters. The highest BCUT2D eigenvalue weighted by atomic mass is 16.5. The van der Waals surface area contributed by atoms with Gasteiger partial charge in [-0.15, -0.1) is 0 Å². The van der Waals surface area contributed by atoms with E-state index in [1.807, 2.05) is 18.2 Å². The molecule has 1 spiro atoms. The fraction of sp³-hybridized carbons (Fsp3) is 0.667. The molecule has 7 nitrogen and oxygen atoms in total. The van der Waals surface area contributed by atoms with Crippen LogP contribution in [0.2, 0.25) is 0 Å². The number of methoxy groups -OCH3 is 2. The molecule has 7 rings (SSSR count). The molecule has 0 amide bonds. The van der Waals surface area contributed by atoms with Crippen LogP contribution < -0.4 is 4.74 Å². The van der Waals surface area contributed by atoms with E-state index >= 15 is 0 Å². The number of hydrogen-bond donors (Lipinski definition) is 1. The van der Waals surface area contributed by atoms with Crippen LogP contribution in [0.4, 0.5) is 0 Å². The summed E-state index contributed by atoms with van der Waals surface area (Å²) in [6.45, 7) is 2.31. The highest BCUT2D eigenvalue weighted by Gasteiger charge is 2.81. The lowest BCUT2D eigenvalue weighted by atomic mass is 9.51. The average Bonchev–Trinajstić information content (AvgIpc) is 3.30. The Bertz CT molecular complexity index is 1170.